The highest BCUT2D eigenvalue weighted by Crippen LogP contribution is 2.39. The van der Waals surface area contributed by atoms with Crippen LogP contribution in [0.5, 0.6) is 0 Å². The summed E-state index contributed by atoms with van der Waals surface area (Å²) in [5, 5.41) is 9.34. The maximum atomic E-state index is 11.9. The Morgan fingerprint density at radius 2 is 1.31 bits per heavy atom. The summed E-state index contributed by atoms with van der Waals surface area (Å²) in [6.45, 7) is 1.80. The Morgan fingerprint density at radius 1 is 0.857 bits per heavy atom. The molecule has 0 aliphatic rings. The monoisotopic (exact) mass is 523 g/mol. The molecule has 0 aromatic heterocycles. The van der Waals surface area contributed by atoms with Gasteiger partial charge in [-0.05, 0) is 6.42 Å². The lowest BCUT2D eigenvalue weighted by Crippen LogP contribution is -2.38. The van der Waals surface area contributed by atoms with Crippen LogP contribution in [0.25, 0.3) is 0 Å². The number of carbonyl (C=O) groups excluding carboxylic acids is 1. The van der Waals surface area contributed by atoms with Crippen molar-refractivity contribution in [1.82, 2.24) is 0 Å². The van der Waals surface area contributed by atoms with E-state index in [-0.39, 0.29) is 19.6 Å². The molecular weight excluding hydrogens is 469 g/mol. The van der Waals surface area contributed by atoms with Crippen molar-refractivity contribution < 1.29 is 37.6 Å². The first-order valence-corrected chi connectivity index (χ1v) is 15.3. The molecule has 0 heterocycles. The quantitative estimate of drug-likeness (QED) is 0.0743. The first kappa shape index (κ1) is 34.5. The average Bonchev–Trinajstić information content (AvgIpc) is 2.78. The zero-order valence-electron chi connectivity index (χ0n) is 23.0. The van der Waals surface area contributed by atoms with Gasteiger partial charge in [-0.2, -0.15) is 0 Å². The molecule has 0 amide bonds. The molecule has 8 nitrogen and oxygen atoms in total. The van der Waals surface area contributed by atoms with Gasteiger partial charge in [0.05, 0.1) is 27.7 Å². The van der Waals surface area contributed by atoms with Crippen LogP contribution in [-0.2, 0) is 23.1 Å². The third-order valence-electron chi connectivity index (χ3n) is 5.91. The van der Waals surface area contributed by atoms with Gasteiger partial charge in [0.25, 0.3) is 7.82 Å². The number of phosphoric ester groups is 1. The van der Waals surface area contributed by atoms with Crippen LogP contribution in [0.2, 0.25) is 0 Å². The minimum Gasteiger partial charge on any atom is -0.756 e. The Kier molecular flexibility index (Phi) is 21.3. The van der Waals surface area contributed by atoms with Gasteiger partial charge in [0.1, 0.15) is 25.9 Å². The number of unbranched alkanes of at least 4 members (excludes halogenated alkanes) is 14. The summed E-state index contributed by atoms with van der Waals surface area (Å²) in [6, 6.07) is 0. The van der Waals surface area contributed by atoms with Crippen molar-refractivity contribution in [1.29, 1.82) is 0 Å². The first-order valence-electron chi connectivity index (χ1n) is 13.8. The second kappa shape index (κ2) is 21.6. The van der Waals surface area contributed by atoms with E-state index >= 15 is 0 Å². The van der Waals surface area contributed by atoms with Crippen LogP contribution >= 0.6 is 7.82 Å². The minimum atomic E-state index is -4.58. The molecule has 0 saturated carbocycles. The SMILES string of the molecule is CCCCCCCCCCCCCCCCCC(=O)OC[C@H](CO)OP(=O)([O-])OCC[N+](C)(C)C. The van der Waals surface area contributed by atoms with Crippen LogP contribution < -0.4 is 4.89 Å². The molecule has 0 bridgehead atoms. The molecule has 1 N–H and O–H groups in total. The first-order chi connectivity index (χ1) is 16.6. The van der Waals surface area contributed by atoms with E-state index in [1.165, 1.54) is 77.0 Å². The minimum absolute atomic E-state index is 0.0264. The van der Waals surface area contributed by atoms with E-state index in [0.29, 0.717) is 11.0 Å². The van der Waals surface area contributed by atoms with Crippen molar-refractivity contribution >= 4 is 13.8 Å². The highest BCUT2D eigenvalue weighted by atomic mass is 31.2. The highest BCUT2D eigenvalue weighted by molar-refractivity contribution is 7.45. The molecule has 0 saturated heterocycles. The van der Waals surface area contributed by atoms with Gasteiger partial charge in [-0.1, -0.05) is 96.8 Å². The fourth-order valence-electron chi connectivity index (χ4n) is 3.65. The fourth-order valence-corrected chi connectivity index (χ4v) is 4.51. The summed E-state index contributed by atoms with van der Waals surface area (Å²) in [7, 11) is 1.16. The Morgan fingerprint density at radius 3 is 1.74 bits per heavy atom. The van der Waals surface area contributed by atoms with Crippen LogP contribution in [0.1, 0.15) is 110 Å². The normalized spacial score (nSPS) is 14.6. The van der Waals surface area contributed by atoms with Crippen LogP contribution in [0, 0.1) is 0 Å². The molecular formula is C26H54NO7P. The second-order valence-corrected chi connectivity index (χ2v) is 12.0. The zero-order chi connectivity index (χ0) is 26.4. The number of aliphatic hydroxyl groups excluding tert-OH is 1. The third-order valence-corrected chi connectivity index (χ3v) is 6.96. The van der Waals surface area contributed by atoms with Crippen LogP contribution in [0.3, 0.4) is 0 Å². The molecule has 0 fully saturated rings. The van der Waals surface area contributed by atoms with Crippen molar-refractivity contribution in [2.24, 2.45) is 0 Å². The third kappa shape index (κ3) is 25.0. The van der Waals surface area contributed by atoms with Crippen molar-refractivity contribution in [3.05, 3.63) is 0 Å². The Bertz CT molecular complexity index is 554. The summed E-state index contributed by atoms with van der Waals surface area (Å²) in [5.41, 5.74) is 0. The number of phosphoric acid groups is 1. The lowest BCUT2D eigenvalue weighted by molar-refractivity contribution is -0.870. The largest absolute Gasteiger partial charge is 0.756 e. The van der Waals surface area contributed by atoms with Crippen molar-refractivity contribution in [2.75, 3.05) is 47.5 Å². The molecule has 0 aromatic carbocycles. The molecule has 35 heavy (non-hydrogen) atoms. The van der Waals surface area contributed by atoms with E-state index in [2.05, 4.69) is 6.92 Å². The number of esters is 1. The number of ether oxygens (including phenoxy) is 1. The lowest BCUT2D eigenvalue weighted by atomic mass is 10.0. The van der Waals surface area contributed by atoms with Gasteiger partial charge in [0.15, 0.2) is 0 Å². The number of aliphatic hydroxyl groups is 1. The van der Waals surface area contributed by atoms with Crippen LogP contribution in [-0.4, -0.2) is 69.2 Å². The smallest absolute Gasteiger partial charge is 0.305 e. The van der Waals surface area contributed by atoms with Gasteiger partial charge in [0, 0.05) is 6.42 Å². The van der Waals surface area contributed by atoms with Crippen molar-refractivity contribution in [3.63, 3.8) is 0 Å². The second-order valence-electron chi connectivity index (χ2n) is 10.6. The molecule has 9 heteroatoms. The number of nitrogens with zero attached hydrogens (tertiary/aromatic N) is 1. The number of carbonyl (C=O) groups is 1. The Balaban J connectivity index is 3.66. The van der Waals surface area contributed by atoms with Gasteiger partial charge in [-0.3, -0.25) is 9.36 Å². The predicted molar refractivity (Wildman–Crippen MR) is 139 cm³/mol. The number of hydrogen-bond acceptors (Lipinski definition) is 7. The van der Waals surface area contributed by atoms with E-state index in [9.17, 15) is 19.4 Å². The van der Waals surface area contributed by atoms with Crippen LogP contribution in [0.4, 0.5) is 0 Å². The molecule has 210 valence electrons. The van der Waals surface area contributed by atoms with Crippen molar-refractivity contribution in [3.8, 4) is 0 Å². The lowest BCUT2D eigenvalue weighted by Gasteiger charge is -2.29. The fraction of sp³-hybridized carbons (Fsp3) is 0.962. The number of hydrogen-bond donors (Lipinski definition) is 1. The standard InChI is InChI=1S/C26H54NO7P/c1-5-6-7-8-9-10-11-12-13-14-15-16-17-18-19-20-26(29)32-24-25(23-28)34-35(30,31)33-22-21-27(2,3)4/h25,28H,5-24H2,1-4H3/t25-/m0/s1. The van der Waals surface area contributed by atoms with E-state index < -0.39 is 26.5 Å². The number of quaternary nitrogens is 1. The van der Waals surface area contributed by atoms with Gasteiger partial charge in [-0.25, -0.2) is 0 Å². The zero-order valence-corrected chi connectivity index (χ0v) is 23.9. The van der Waals surface area contributed by atoms with Gasteiger partial charge < -0.3 is 28.3 Å². The van der Waals surface area contributed by atoms with E-state index in [0.717, 1.165) is 19.3 Å². The van der Waals surface area contributed by atoms with Gasteiger partial charge in [-0.15, -0.1) is 0 Å². The molecule has 0 rings (SSSR count). The van der Waals surface area contributed by atoms with E-state index in [1.807, 2.05) is 21.1 Å². The molecule has 1 unspecified atom stereocenters. The summed E-state index contributed by atoms with van der Waals surface area (Å²) in [5.74, 6) is -0.409. The maximum Gasteiger partial charge on any atom is 0.305 e. The summed E-state index contributed by atoms with van der Waals surface area (Å²) >= 11 is 0. The number of rotatable bonds is 25. The average molecular weight is 524 g/mol. The Labute approximate surface area is 214 Å². The molecule has 0 spiro atoms. The summed E-state index contributed by atoms with van der Waals surface area (Å²) in [4.78, 5) is 23.8. The predicted octanol–water partition coefficient (Wildman–Crippen LogP) is 5.36. The Hall–Kier alpha value is -0.500. The van der Waals surface area contributed by atoms with Crippen molar-refractivity contribution in [2.45, 2.75) is 116 Å². The highest BCUT2D eigenvalue weighted by Gasteiger charge is 2.20. The molecule has 2 atom stereocenters. The van der Waals surface area contributed by atoms with E-state index in [1.54, 1.807) is 0 Å². The van der Waals surface area contributed by atoms with Crippen LogP contribution in [0.15, 0.2) is 0 Å². The molecule has 0 aromatic rings. The molecule has 0 aliphatic carbocycles. The van der Waals surface area contributed by atoms with Gasteiger partial charge >= 0.3 is 5.97 Å². The summed E-state index contributed by atoms with van der Waals surface area (Å²) < 4.78 is 27.1. The van der Waals surface area contributed by atoms with E-state index in [4.69, 9.17) is 13.8 Å². The maximum absolute atomic E-state index is 11.9. The summed E-state index contributed by atoms with van der Waals surface area (Å²) in [6.07, 6.45) is 18.0. The van der Waals surface area contributed by atoms with Gasteiger partial charge in [0.2, 0.25) is 0 Å². The topological polar surface area (TPSA) is 105 Å². The molecule has 0 radical (unpaired) electrons. The number of likely N-dealkylation sites (N-methyl/N-ethyl adjacent to an activating group) is 1. The molecule has 0 aliphatic heterocycles.